The standard InChI is InChI=1S/C25H32N4O3/c1-16(2)19-10-12-20(13-11-19)26-25(32)18(4)28(5)15-24(31)29-17(3)14-23(30)27-21-8-6-7-9-22(21)29/h6-13,16-18H,14-15H2,1-5H3,(H,26,32)(H,27,30). The highest BCUT2D eigenvalue weighted by molar-refractivity contribution is 6.05. The van der Waals surface area contributed by atoms with Crippen LogP contribution < -0.4 is 15.5 Å². The second-order valence-electron chi connectivity index (χ2n) is 8.74. The van der Waals surface area contributed by atoms with E-state index < -0.39 is 6.04 Å². The van der Waals surface area contributed by atoms with Crippen molar-refractivity contribution < 1.29 is 14.4 Å². The van der Waals surface area contributed by atoms with Crippen LogP contribution in [0.5, 0.6) is 0 Å². The van der Waals surface area contributed by atoms with Crippen LogP contribution in [0.4, 0.5) is 17.1 Å². The van der Waals surface area contributed by atoms with Crippen molar-refractivity contribution in [2.75, 3.05) is 29.1 Å². The predicted molar refractivity (Wildman–Crippen MR) is 128 cm³/mol. The summed E-state index contributed by atoms with van der Waals surface area (Å²) in [7, 11) is 1.75. The molecule has 3 rings (SSSR count). The molecule has 0 spiro atoms. The molecule has 2 aromatic carbocycles. The lowest BCUT2D eigenvalue weighted by molar-refractivity contribution is -0.123. The van der Waals surface area contributed by atoms with E-state index in [0.717, 1.165) is 5.69 Å². The first-order valence-electron chi connectivity index (χ1n) is 11.0. The first-order chi connectivity index (χ1) is 15.2. The quantitative estimate of drug-likeness (QED) is 0.721. The number of hydrogen-bond donors (Lipinski definition) is 2. The molecule has 0 fully saturated rings. The number of anilines is 3. The molecule has 0 saturated carbocycles. The smallest absolute Gasteiger partial charge is 0.241 e. The molecular weight excluding hydrogens is 404 g/mol. The highest BCUT2D eigenvalue weighted by Gasteiger charge is 2.31. The molecule has 7 heteroatoms. The zero-order chi connectivity index (χ0) is 23.4. The number of carbonyl (C=O) groups excluding carboxylic acids is 3. The van der Waals surface area contributed by atoms with Crippen LogP contribution >= 0.6 is 0 Å². The first kappa shape index (κ1) is 23.5. The average Bonchev–Trinajstić information content (AvgIpc) is 2.87. The van der Waals surface area contributed by atoms with Gasteiger partial charge in [-0.25, -0.2) is 0 Å². The zero-order valence-corrected chi connectivity index (χ0v) is 19.4. The molecule has 0 aliphatic carbocycles. The van der Waals surface area contributed by atoms with E-state index in [9.17, 15) is 14.4 Å². The summed E-state index contributed by atoms with van der Waals surface area (Å²) in [6.07, 6.45) is 0.215. The highest BCUT2D eigenvalue weighted by Crippen LogP contribution is 2.31. The number of nitrogens with zero attached hydrogens (tertiary/aromatic N) is 2. The number of para-hydroxylation sites is 2. The van der Waals surface area contributed by atoms with Gasteiger partial charge in [-0.05, 0) is 56.6 Å². The number of hydrogen-bond acceptors (Lipinski definition) is 4. The molecule has 2 N–H and O–H groups in total. The maximum atomic E-state index is 13.2. The van der Waals surface area contributed by atoms with Gasteiger partial charge in [0, 0.05) is 18.2 Å². The monoisotopic (exact) mass is 436 g/mol. The van der Waals surface area contributed by atoms with Gasteiger partial charge in [-0.1, -0.05) is 38.1 Å². The van der Waals surface area contributed by atoms with E-state index >= 15 is 0 Å². The molecule has 2 unspecified atom stereocenters. The Labute approximate surface area is 189 Å². The minimum atomic E-state index is -0.513. The molecule has 3 amide bonds. The molecule has 1 aliphatic heterocycles. The molecule has 32 heavy (non-hydrogen) atoms. The van der Waals surface area contributed by atoms with Crippen molar-refractivity contribution >= 4 is 34.8 Å². The predicted octanol–water partition coefficient (Wildman–Crippen LogP) is 3.83. The molecule has 1 heterocycles. The number of nitrogens with one attached hydrogen (secondary N) is 2. The summed E-state index contributed by atoms with van der Waals surface area (Å²) in [5, 5.41) is 5.78. The number of carbonyl (C=O) groups is 3. The lowest BCUT2D eigenvalue weighted by Gasteiger charge is -2.31. The van der Waals surface area contributed by atoms with Crippen molar-refractivity contribution in [3.8, 4) is 0 Å². The molecule has 7 nitrogen and oxygen atoms in total. The number of likely N-dealkylation sites (N-methyl/N-ethyl adjacent to an activating group) is 1. The van der Waals surface area contributed by atoms with E-state index in [1.807, 2.05) is 49.4 Å². The van der Waals surface area contributed by atoms with Gasteiger partial charge < -0.3 is 15.5 Å². The van der Waals surface area contributed by atoms with Gasteiger partial charge in [0.25, 0.3) is 0 Å². The van der Waals surface area contributed by atoms with Gasteiger partial charge in [0.2, 0.25) is 17.7 Å². The summed E-state index contributed by atoms with van der Waals surface area (Å²) in [5.41, 5.74) is 3.23. The van der Waals surface area contributed by atoms with Crippen molar-refractivity contribution in [1.82, 2.24) is 4.90 Å². The molecular formula is C25H32N4O3. The van der Waals surface area contributed by atoms with Crippen LogP contribution in [-0.2, 0) is 14.4 Å². The number of amides is 3. The van der Waals surface area contributed by atoms with Gasteiger partial charge >= 0.3 is 0 Å². The molecule has 0 radical (unpaired) electrons. The summed E-state index contributed by atoms with van der Waals surface area (Å²) < 4.78 is 0. The number of rotatable bonds is 6. The van der Waals surface area contributed by atoms with Crippen molar-refractivity contribution in [3.63, 3.8) is 0 Å². The van der Waals surface area contributed by atoms with E-state index in [-0.39, 0.29) is 36.7 Å². The van der Waals surface area contributed by atoms with Crippen LogP contribution in [0.1, 0.15) is 45.6 Å². The minimum Gasteiger partial charge on any atom is -0.325 e. The zero-order valence-electron chi connectivity index (χ0n) is 19.4. The van der Waals surface area contributed by atoms with E-state index in [0.29, 0.717) is 17.3 Å². The van der Waals surface area contributed by atoms with Crippen LogP contribution in [-0.4, -0.2) is 48.3 Å². The summed E-state index contributed by atoms with van der Waals surface area (Å²) in [5.74, 6) is -0.0405. The van der Waals surface area contributed by atoms with Crippen molar-refractivity contribution in [3.05, 3.63) is 54.1 Å². The maximum Gasteiger partial charge on any atom is 0.241 e. The Kier molecular flexibility index (Phi) is 7.30. The topological polar surface area (TPSA) is 81.8 Å². The third-order valence-electron chi connectivity index (χ3n) is 5.90. The fraction of sp³-hybridized carbons (Fsp3) is 0.400. The van der Waals surface area contributed by atoms with Crippen molar-refractivity contribution in [2.45, 2.75) is 52.1 Å². The molecule has 0 aromatic heterocycles. The Balaban J connectivity index is 1.67. The summed E-state index contributed by atoms with van der Waals surface area (Å²) in [4.78, 5) is 41.5. The fourth-order valence-electron chi connectivity index (χ4n) is 3.79. The van der Waals surface area contributed by atoms with Gasteiger partial charge in [-0.3, -0.25) is 19.3 Å². The molecule has 2 atom stereocenters. The second-order valence-corrected chi connectivity index (χ2v) is 8.74. The van der Waals surface area contributed by atoms with Gasteiger partial charge in [-0.2, -0.15) is 0 Å². The minimum absolute atomic E-state index is 0.0493. The molecule has 170 valence electrons. The van der Waals surface area contributed by atoms with Crippen LogP contribution in [0.15, 0.2) is 48.5 Å². The number of fused-ring (bicyclic) bond motifs is 1. The van der Waals surface area contributed by atoms with E-state index in [4.69, 9.17) is 0 Å². The lowest BCUT2D eigenvalue weighted by Crippen LogP contribution is -2.48. The van der Waals surface area contributed by atoms with Crippen molar-refractivity contribution in [1.29, 1.82) is 0 Å². The van der Waals surface area contributed by atoms with E-state index in [1.54, 1.807) is 29.8 Å². The Morgan fingerprint density at radius 3 is 2.44 bits per heavy atom. The normalized spacial score (nSPS) is 16.9. The fourth-order valence-corrected chi connectivity index (χ4v) is 3.79. The second kappa shape index (κ2) is 9.96. The van der Waals surface area contributed by atoms with Crippen LogP contribution in [0.25, 0.3) is 0 Å². The van der Waals surface area contributed by atoms with Gasteiger partial charge in [0.1, 0.15) is 0 Å². The van der Waals surface area contributed by atoms with Crippen LogP contribution in [0, 0.1) is 0 Å². The number of benzene rings is 2. The molecule has 1 aliphatic rings. The summed E-state index contributed by atoms with van der Waals surface area (Å²) >= 11 is 0. The van der Waals surface area contributed by atoms with E-state index in [2.05, 4.69) is 24.5 Å². The largest absolute Gasteiger partial charge is 0.325 e. The summed E-state index contributed by atoms with van der Waals surface area (Å²) in [6, 6.07) is 14.3. The molecule has 2 aromatic rings. The summed E-state index contributed by atoms with van der Waals surface area (Å²) in [6.45, 7) is 7.93. The third kappa shape index (κ3) is 5.34. The Morgan fingerprint density at radius 2 is 1.78 bits per heavy atom. The Hall–Kier alpha value is -3.19. The Morgan fingerprint density at radius 1 is 1.12 bits per heavy atom. The van der Waals surface area contributed by atoms with Gasteiger partial charge in [0.05, 0.1) is 24.0 Å². The van der Waals surface area contributed by atoms with Gasteiger partial charge in [0.15, 0.2) is 0 Å². The average molecular weight is 437 g/mol. The molecule has 0 bridgehead atoms. The molecule has 0 saturated heterocycles. The van der Waals surface area contributed by atoms with Crippen molar-refractivity contribution in [2.24, 2.45) is 0 Å². The lowest BCUT2D eigenvalue weighted by atomic mass is 10.0. The van der Waals surface area contributed by atoms with Crippen LogP contribution in [0.3, 0.4) is 0 Å². The highest BCUT2D eigenvalue weighted by atomic mass is 16.2. The van der Waals surface area contributed by atoms with E-state index in [1.165, 1.54) is 5.56 Å². The van der Waals surface area contributed by atoms with Crippen LogP contribution in [0.2, 0.25) is 0 Å². The third-order valence-corrected chi connectivity index (χ3v) is 5.90. The van der Waals surface area contributed by atoms with Gasteiger partial charge in [-0.15, -0.1) is 0 Å². The SMILES string of the molecule is CC(C)c1ccc(NC(=O)C(C)N(C)CC(=O)N2c3ccccc3NC(=O)CC2C)cc1. The Bertz CT molecular complexity index is 987. The first-order valence-corrected chi connectivity index (χ1v) is 11.0. The maximum absolute atomic E-state index is 13.2.